The van der Waals surface area contributed by atoms with E-state index in [-0.39, 0.29) is 18.0 Å². The van der Waals surface area contributed by atoms with Crippen molar-refractivity contribution in [3.05, 3.63) is 27.6 Å². The minimum absolute atomic E-state index is 0.0312. The average Bonchev–Trinajstić information content (AvgIpc) is 2.85. The molecule has 0 aromatic heterocycles. The quantitative estimate of drug-likeness (QED) is 0.646. The van der Waals surface area contributed by atoms with Gasteiger partial charge in [-0.15, -0.1) is 0 Å². The minimum Gasteiger partial charge on any atom is -0.493 e. The number of carbonyl (C=O) groups is 1. The summed E-state index contributed by atoms with van der Waals surface area (Å²) in [7, 11) is 1.57. The standard InChI is InChI=1S/C19H25ClN2O3S/c1-7-25-16-8-13(14(20)10-15(16)24-6)9-17-18(23)22(12(4)5)19(26-17)21-11(2)3/h8-12H,7H2,1-6H3/b17-9+,21-19?. The summed E-state index contributed by atoms with van der Waals surface area (Å²) in [6.45, 7) is 10.3. The van der Waals surface area contributed by atoms with E-state index < -0.39 is 0 Å². The third-order valence-electron chi connectivity index (χ3n) is 3.59. The Labute approximate surface area is 164 Å². The summed E-state index contributed by atoms with van der Waals surface area (Å²) in [4.78, 5) is 19.7. The van der Waals surface area contributed by atoms with Crippen molar-refractivity contribution in [2.24, 2.45) is 4.99 Å². The highest BCUT2D eigenvalue weighted by molar-refractivity contribution is 8.18. The van der Waals surface area contributed by atoms with Crippen LogP contribution in [0.15, 0.2) is 22.0 Å². The Bertz CT molecular complexity index is 745. The first-order valence-corrected chi connectivity index (χ1v) is 9.79. The maximum atomic E-state index is 12.8. The molecule has 7 heteroatoms. The molecule has 0 saturated carbocycles. The van der Waals surface area contributed by atoms with E-state index in [2.05, 4.69) is 4.99 Å². The molecule has 0 radical (unpaired) electrons. The Morgan fingerprint density at radius 2 is 1.96 bits per heavy atom. The van der Waals surface area contributed by atoms with Crippen LogP contribution in [0.4, 0.5) is 0 Å². The molecule has 5 nitrogen and oxygen atoms in total. The van der Waals surface area contributed by atoms with Crippen molar-refractivity contribution in [2.45, 2.75) is 46.7 Å². The predicted octanol–water partition coefficient (Wildman–Crippen LogP) is 4.84. The summed E-state index contributed by atoms with van der Waals surface area (Å²) in [5, 5.41) is 1.22. The zero-order valence-corrected chi connectivity index (χ0v) is 17.6. The van der Waals surface area contributed by atoms with E-state index in [9.17, 15) is 4.79 Å². The number of nitrogens with zero attached hydrogens (tertiary/aromatic N) is 2. The van der Waals surface area contributed by atoms with Crippen molar-refractivity contribution in [1.82, 2.24) is 4.90 Å². The summed E-state index contributed by atoms with van der Waals surface area (Å²) < 4.78 is 10.9. The van der Waals surface area contributed by atoms with Gasteiger partial charge in [-0.05, 0) is 64.1 Å². The third-order valence-corrected chi connectivity index (χ3v) is 4.92. The lowest BCUT2D eigenvalue weighted by Gasteiger charge is -2.20. The van der Waals surface area contributed by atoms with Gasteiger partial charge in [0.25, 0.3) is 5.91 Å². The highest BCUT2D eigenvalue weighted by Crippen LogP contribution is 2.38. The highest BCUT2D eigenvalue weighted by atomic mass is 35.5. The number of aliphatic imine (C=N–C) groups is 1. The largest absolute Gasteiger partial charge is 0.493 e. The Morgan fingerprint density at radius 1 is 1.27 bits per heavy atom. The second-order valence-electron chi connectivity index (χ2n) is 6.34. The van der Waals surface area contributed by atoms with Crippen molar-refractivity contribution in [3.8, 4) is 11.5 Å². The summed E-state index contributed by atoms with van der Waals surface area (Å²) >= 11 is 7.75. The van der Waals surface area contributed by atoms with E-state index in [4.69, 9.17) is 21.1 Å². The summed E-state index contributed by atoms with van der Waals surface area (Å²) in [6.07, 6.45) is 1.79. The summed E-state index contributed by atoms with van der Waals surface area (Å²) in [5.74, 6) is 1.10. The molecule has 0 atom stereocenters. The van der Waals surface area contributed by atoms with Crippen LogP contribution >= 0.6 is 23.4 Å². The second-order valence-corrected chi connectivity index (χ2v) is 7.76. The molecule has 1 aliphatic rings. The van der Waals surface area contributed by atoms with Gasteiger partial charge in [0.05, 0.1) is 23.6 Å². The number of hydrogen-bond acceptors (Lipinski definition) is 5. The van der Waals surface area contributed by atoms with Gasteiger partial charge in [0.1, 0.15) is 0 Å². The number of amidine groups is 1. The molecule has 0 aliphatic carbocycles. The number of halogens is 1. The van der Waals surface area contributed by atoms with Crippen LogP contribution < -0.4 is 9.47 Å². The SMILES string of the molecule is CCOc1cc(/C=C2/SC(=NC(C)C)N(C(C)C)C2=O)c(Cl)cc1OC. The lowest BCUT2D eigenvalue weighted by molar-refractivity contribution is -0.123. The number of carbonyl (C=O) groups excluding carboxylic acids is 1. The predicted molar refractivity (Wildman–Crippen MR) is 109 cm³/mol. The molecular formula is C19H25ClN2O3S. The van der Waals surface area contributed by atoms with Gasteiger partial charge in [0.2, 0.25) is 0 Å². The fourth-order valence-corrected chi connectivity index (χ4v) is 3.92. The highest BCUT2D eigenvalue weighted by Gasteiger charge is 2.35. The van der Waals surface area contributed by atoms with Gasteiger partial charge in [0.15, 0.2) is 16.7 Å². The van der Waals surface area contributed by atoms with E-state index in [0.717, 1.165) is 5.17 Å². The maximum absolute atomic E-state index is 12.8. The van der Waals surface area contributed by atoms with Crippen LogP contribution in [0.5, 0.6) is 11.5 Å². The number of hydrogen-bond donors (Lipinski definition) is 0. The number of thioether (sulfide) groups is 1. The minimum atomic E-state index is -0.0609. The Hall–Kier alpha value is -1.66. The molecule has 0 spiro atoms. The lowest BCUT2D eigenvalue weighted by atomic mass is 10.1. The van der Waals surface area contributed by atoms with Gasteiger partial charge in [-0.2, -0.15) is 0 Å². The van der Waals surface area contributed by atoms with Crippen LogP contribution in [0.3, 0.4) is 0 Å². The van der Waals surface area contributed by atoms with Gasteiger partial charge in [-0.25, -0.2) is 0 Å². The van der Waals surface area contributed by atoms with E-state index >= 15 is 0 Å². The second kappa shape index (κ2) is 8.82. The number of ether oxygens (including phenoxy) is 2. The molecule has 1 saturated heterocycles. The molecule has 1 aromatic carbocycles. The third kappa shape index (κ3) is 4.54. The molecule has 0 unspecified atom stereocenters. The van der Waals surface area contributed by atoms with Crippen molar-refractivity contribution >= 4 is 40.5 Å². The molecule has 0 bridgehead atoms. The first-order valence-electron chi connectivity index (χ1n) is 8.59. The molecule has 26 heavy (non-hydrogen) atoms. The van der Waals surface area contributed by atoms with Crippen LogP contribution in [-0.2, 0) is 4.79 Å². The molecule has 1 fully saturated rings. The molecule has 1 aliphatic heterocycles. The summed E-state index contributed by atoms with van der Waals surface area (Å²) in [5.41, 5.74) is 0.710. The first-order chi connectivity index (χ1) is 12.3. The van der Waals surface area contributed by atoms with E-state index in [1.165, 1.54) is 11.8 Å². The summed E-state index contributed by atoms with van der Waals surface area (Å²) in [6, 6.07) is 3.64. The van der Waals surface area contributed by atoms with Crippen LogP contribution in [0.1, 0.15) is 40.2 Å². The van der Waals surface area contributed by atoms with Gasteiger partial charge in [0, 0.05) is 18.2 Å². The topological polar surface area (TPSA) is 51.1 Å². The molecule has 2 rings (SSSR count). The first kappa shape index (κ1) is 20.6. The van der Waals surface area contributed by atoms with Crippen LogP contribution in [0, 0.1) is 0 Å². The van der Waals surface area contributed by atoms with Crippen molar-refractivity contribution in [2.75, 3.05) is 13.7 Å². The smallest absolute Gasteiger partial charge is 0.266 e. The number of amides is 1. The lowest BCUT2D eigenvalue weighted by Crippen LogP contribution is -2.35. The van der Waals surface area contributed by atoms with Gasteiger partial charge in [-0.1, -0.05) is 11.6 Å². The van der Waals surface area contributed by atoms with Crippen molar-refractivity contribution in [1.29, 1.82) is 0 Å². The van der Waals surface area contributed by atoms with E-state index in [1.54, 1.807) is 30.2 Å². The monoisotopic (exact) mass is 396 g/mol. The zero-order valence-electron chi connectivity index (χ0n) is 16.0. The molecule has 1 aromatic rings. The van der Waals surface area contributed by atoms with Crippen LogP contribution in [0.25, 0.3) is 6.08 Å². The molecule has 142 valence electrons. The Kier molecular flexibility index (Phi) is 7.01. The Balaban J connectivity index is 2.46. The number of methoxy groups -OCH3 is 1. The molecule has 1 heterocycles. The Morgan fingerprint density at radius 3 is 2.50 bits per heavy atom. The molecule has 0 N–H and O–H groups in total. The zero-order chi connectivity index (χ0) is 19.4. The van der Waals surface area contributed by atoms with Crippen molar-refractivity contribution in [3.63, 3.8) is 0 Å². The van der Waals surface area contributed by atoms with E-state index in [0.29, 0.717) is 33.6 Å². The number of rotatable bonds is 6. The van der Waals surface area contributed by atoms with Crippen LogP contribution in [-0.4, -0.2) is 41.8 Å². The average molecular weight is 397 g/mol. The van der Waals surface area contributed by atoms with E-state index in [1.807, 2.05) is 34.6 Å². The number of benzene rings is 1. The molecule has 1 amide bonds. The van der Waals surface area contributed by atoms with Gasteiger partial charge in [-0.3, -0.25) is 14.7 Å². The normalized spacial score (nSPS) is 17.9. The van der Waals surface area contributed by atoms with Gasteiger partial charge >= 0.3 is 0 Å². The van der Waals surface area contributed by atoms with Gasteiger partial charge < -0.3 is 9.47 Å². The fraction of sp³-hybridized carbons (Fsp3) is 0.474. The van der Waals surface area contributed by atoms with Crippen LogP contribution in [0.2, 0.25) is 5.02 Å². The maximum Gasteiger partial charge on any atom is 0.266 e. The molecular weight excluding hydrogens is 372 g/mol. The fourth-order valence-electron chi connectivity index (χ4n) is 2.48. The van der Waals surface area contributed by atoms with Crippen molar-refractivity contribution < 1.29 is 14.3 Å².